The number of fused-ring (bicyclic) bond motifs is 1. The summed E-state index contributed by atoms with van der Waals surface area (Å²) in [5.74, 6) is 0. The first-order chi connectivity index (χ1) is 12.2. The summed E-state index contributed by atoms with van der Waals surface area (Å²) in [7, 11) is 0. The van der Waals surface area contributed by atoms with Crippen LogP contribution in [-0.4, -0.2) is 46.4 Å². The number of nitrogens with zero attached hydrogens (tertiary/aromatic N) is 3. The molecule has 0 saturated heterocycles. The smallest absolute Gasteiger partial charge is 0.315 e. The topological polar surface area (TPSA) is 62.2 Å². The molecule has 1 aliphatic rings. The van der Waals surface area contributed by atoms with Gasteiger partial charge in [-0.25, -0.2) is 4.79 Å². The number of aromatic nitrogens is 2. The van der Waals surface area contributed by atoms with E-state index in [9.17, 15) is 4.79 Å². The number of carbonyl (C=O) groups is 1. The van der Waals surface area contributed by atoms with Crippen LogP contribution >= 0.6 is 0 Å². The lowest BCUT2D eigenvalue weighted by Crippen LogP contribution is -2.43. The van der Waals surface area contributed by atoms with Crippen LogP contribution in [0.4, 0.5) is 4.79 Å². The molecule has 0 unspecified atom stereocenters. The molecule has 0 fully saturated rings. The fraction of sp³-hybridized carbons (Fsp3) is 0.474. The summed E-state index contributed by atoms with van der Waals surface area (Å²) in [6, 6.07) is 10.5. The highest BCUT2D eigenvalue weighted by atomic mass is 16.2. The van der Waals surface area contributed by atoms with Gasteiger partial charge < -0.3 is 10.6 Å². The van der Waals surface area contributed by atoms with E-state index in [4.69, 9.17) is 0 Å². The minimum Gasteiger partial charge on any atom is -0.338 e. The van der Waals surface area contributed by atoms with Crippen LogP contribution in [-0.2, 0) is 19.5 Å². The van der Waals surface area contributed by atoms with Gasteiger partial charge in [0.05, 0.1) is 6.54 Å². The van der Waals surface area contributed by atoms with E-state index >= 15 is 0 Å². The average molecular weight is 341 g/mol. The Kier molecular flexibility index (Phi) is 6.06. The fourth-order valence-electron chi connectivity index (χ4n) is 3.26. The Morgan fingerprint density at radius 2 is 2.12 bits per heavy atom. The van der Waals surface area contributed by atoms with Gasteiger partial charge in [0.1, 0.15) is 0 Å². The van der Waals surface area contributed by atoms with Crippen LogP contribution in [0.25, 0.3) is 0 Å². The van der Waals surface area contributed by atoms with Crippen molar-refractivity contribution in [3.8, 4) is 0 Å². The Labute approximate surface area is 149 Å². The molecule has 1 atom stereocenters. The maximum atomic E-state index is 11.9. The van der Waals surface area contributed by atoms with Gasteiger partial charge in [-0.15, -0.1) is 0 Å². The van der Waals surface area contributed by atoms with Crippen molar-refractivity contribution in [2.75, 3.05) is 19.6 Å². The van der Waals surface area contributed by atoms with Gasteiger partial charge in [-0.05, 0) is 37.0 Å². The second-order valence-corrected chi connectivity index (χ2v) is 6.68. The maximum absolute atomic E-state index is 11.9. The number of carbonyl (C=O) groups excluding carboxylic acids is 1. The molecular formula is C19H27N5O. The second kappa shape index (κ2) is 8.67. The standard InChI is InChI=1S/C19H27N5O/c1-16(14-24-12-5-10-21-24)22-19(25)20-9-4-11-23-13-8-17-6-2-3-7-18(17)15-23/h2-3,5-7,10,12,16H,4,8-9,11,13-15H2,1H3,(H2,20,22,25)/t16-/m1/s1. The van der Waals surface area contributed by atoms with Gasteiger partial charge in [0.15, 0.2) is 0 Å². The number of hydrogen-bond acceptors (Lipinski definition) is 3. The van der Waals surface area contributed by atoms with Gasteiger partial charge in [0.2, 0.25) is 0 Å². The van der Waals surface area contributed by atoms with Crippen LogP contribution in [0.3, 0.4) is 0 Å². The van der Waals surface area contributed by atoms with E-state index in [1.165, 1.54) is 11.1 Å². The molecule has 0 aliphatic carbocycles. The number of urea groups is 1. The second-order valence-electron chi connectivity index (χ2n) is 6.68. The molecule has 1 aliphatic heterocycles. The average Bonchev–Trinajstić information content (AvgIpc) is 3.11. The number of amides is 2. The van der Waals surface area contributed by atoms with Gasteiger partial charge in [-0.2, -0.15) is 5.10 Å². The molecule has 2 N–H and O–H groups in total. The number of rotatable bonds is 7. The van der Waals surface area contributed by atoms with Crippen molar-refractivity contribution >= 4 is 6.03 Å². The lowest BCUT2D eigenvalue weighted by molar-refractivity contribution is 0.231. The Bertz CT molecular complexity index is 670. The molecule has 134 valence electrons. The van der Waals surface area contributed by atoms with Crippen LogP contribution in [0.1, 0.15) is 24.5 Å². The van der Waals surface area contributed by atoms with Crippen molar-refractivity contribution in [1.82, 2.24) is 25.3 Å². The van der Waals surface area contributed by atoms with Gasteiger partial charge in [0.25, 0.3) is 0 Å². The molecule has 1 aromatic heterocycles. The SMILES string of the molecule is C[C@H](Cn1cccn1)NC(=O)NCCCN1CCc2ccccc2C1. The number of hydrogen-bond donors (Lipinski definition) is 2. The molecule has 2 aromatic rings. The lowest BCUT2D eigenvalue weighted by atomic mass is 10.00. The lowest BCUT2D eigenvalue weighted by Gasteiger charge is -2.28. The summed E-state index contributed by atoms with van der Waals surface area (Å²) in [6.07, 6.45) is 5.72. The molecule has 0 saturated carbocycles. The predicted octanol–water partition coefficient (Wildman–Crippen LogP) is 2.02. The molecule has 3 rings (SSSR count). The molecule has 25 heavy (non-hydrogen) atoms. The van der Waals surface area contributed by atoms with Crippen molar-refractivity contribution in [3.05, 3.63) is 53.9 Å². The maximum Gasteiger partial charge on any atom is 0.315 e. The molecule has 0 bridgehead atoms. The molecule has 6 nitrogen and oxygen atoms in total. The first kappa shape index (κ1) is 17.5. The molecular weight excluding hydrogens is 314 g/mol. The highest BCUT2D eigenvalue weighted by Gasteiger charge is 2.15. The van der Waals surface area contributed by atoms with E-state index in [1.807, 2.05) is 23.9 Å². The van der Waals surface area contributed by atoms with Gasteiger partial charge in [-0.1, -0.05) is 24.3 Å². The first-order valence-corrected chi connectivity index (χ1v) is 9.01. The summed E-state index contributed by atoms with van der Waals surface area (Å²) in [5, 5.41) is 10.0. The van der Waals surface area contributed by atoms with E-state index in [0.29, 0.717) is 13.1 Å². The quantitative estimate of drug-likeness (QED) is 0.758. The number of benzene rings is 1. The van der Waals surface area contributed by atoms with Crippen molar-refractivity contribution < 1.29 is 4.79 Å². The summed E-state index contributed by atoms with van der Waals surface area (Å²) >= 11 is 0. The van der Waals surface area contributed by atoms with Crippen LogP contribution < -0.4 is 10.6 Å². The van der Waals surface area contributed by atoms with E-state index < -0.39 is 0 Å². The van der Waals surface area contributed by atoms with Gasteiger partial charge in [-0.3, -0.25) is 9.58 Å². The highest BCUT2D eigenvalue weighted by Crippen LogP contribution is 2.18. The minimum absolute atomic E-state index is 0.0403. The molecule has 6 heteroatoms. The third-order valence-corrected chi connectivity index (χ3v) is 4.54. The fourth-order valence-corrected chi connectivity index (χ4v) is 3.26. The predicted molar refractivity (Wildman–Crippen MR) is 98.3 cm³/mol. The van der Waals surface area contributed by atoms with Gasteiger partial charge in [0, 0.05) is 44.6 Å². The minimum atomic E-state index is -0.108. The van der Waals surface area contributed by atoms with Crippen LogP contribution in [0.15, 0.2) is 42.7 Å². The normalized spacial score (nSPS) is 15.4. The summed E-state index contributed by atoms with van der Waals surface area (Å²) in [5.41, 5.74) is 2.91. The highest BCUT2D eigenvalue weighted by molar-refractivity contribution is 5.74. The first-order valence-electron chi connectivity index (χ1n) is 9.01. The zero-order chi connectivity index (χ0) is 17.5. The van der Waals surface area contributed by atoms with E-state index in [2.05, 4.69) is 44.9 Å². The van der Waals surface area contributed by atoms with Crippen molar-refractivity contribution in [3.63, 3.8) is 0 Å². The molecule has 2 amide bonds. The Hall–Kier alpha value is -2.34. The summed E-state index contributed by atoms with van der Waals surface area (Å²) in [6.45, 7) is 6.48. The third-order valence-electron chi connectivity index (χ3n) is 4.54. The Balaban J connectivity index is 1.30. The van der Waals surface area contributed by atoms with E-state index in [0.717, 1.165) is 32.5 Å². The summed E-state index contributed by atoms with van der Waals surface area (Å²) in [4.78, 5) is 14.4. The van der Waals surface area contributed by atoms with Crippen LogP contribution in [0.5, 0.6) is 0 Å². The Morgan fingerprint density at radius 1 is 1.28 bits per heavy atom. The largest absolute Gasteiger partial charge is 0.338 e. The molecule has 0 spiro atoms. The van der Waals surface area contributed by atoms with Crippen molar-refractivity contribution in [2.24, 2.45) is 0 Å². The van der Waals surface area contributed by atoms with Gasteiger partial charge >= 0.3 is 6.03 Å². The monoisotopic (exact) mass is 341 g/mol. The number of nitrogens with one attached hydrogen (secondary N) is 2. The third kappa shape index (κ3) is 5.32. The Morgan fingerprint density at radius 3 is 2.92 bits per heavy atom. The van der Waals surface area contributed by atoms with Crippen molar-refractivity contribution in [1.29, 1.82) is 0 Å². The van der Waals surface area contributed by atoms with E-state index in [1.54, 1.807) is 6.20 Å². The van der Waals surface area contributed by atoms with Crippen LogP contribution in [0.2, 0.25) is 0 Å². The van der Waals surface area contributed by atoms with E-state index in [-0.39, 0.29) is 12.1 Å². The zero-order valence-electron chi connectivity index (χ0n) is 14.8. The van der Waals surface area contributed by atoms with Crippen LogP contribution in [0, 0.1) is 0 Å². The van der Waals surface area contributed by atoms with Crippen molar-refractivity contribution in [2.45, 2.75) is 38.9 Å². The molecule has 0 radical (unpaired) electrons. The molecule has 1 aromatic carbocycles. The zero-order valence-corrected chi connectivity index (χ0v) is 14.8. The molecule has 2 heterocycles. The summed E-state index contributed by atoms with van der Waals surface area (Å²) < 4.78 is 1.82.